The van der Waals surface area contributed by atoms with E-state index in [0.29, 0.717) is 0 Å². The quantitative estimate of drug-likeness (QED) is 0.920. The first-order chi connectivity index (χ1) is 9.74. The molecule has 1 N–H and O–H groups in total. The predicted molar refractivity (Wildman–Crippen MR) is 81.6 cm³/mol. The standard InChI is InChI=1S/C15H21N3OS/c1-4-16-14(15-11(19-3)9-17-18(15)2)13-8-10-6-5-7-12(10)20-13/h8-9,14,16H,4-7H2,1-3H3. The number of hydrogen-bond acceptors (Lipinski definition) is 4. The van der Waals surface area contributed by atoms with Gasteiger partial charge in [0.05, 0.1) is 19.3 Å². The van der Waals surface area contributed by atoms with Crippen molar-refractivity contribution in [2.75, 3.05) is 13.7 Å². The van der Waals surface area contributed by atoms with Gasteiger partial charge in [0.15, 0.2) is 5.75 Å². The maximum atomic E-state index is 5.47. The van der Waals surface area contributed by atoms with E-state index in [2.05, 4.69) is 23.4 Å². The minimum absolute atomic E-state index is 0.165. The minimum Gasteiger partial charge on any atom is -0.493 e. The van der Waals surface area contributed by atoms with Gasteiger partial charge in [-0.25, -0.2) is 0 Å². The number of hydrogen-bond donors (Lipinski definition) is 1. The molecule has 0 spiro atoms. The van der Waals surface area contributed by atoms with Crippen LogP contribution in [0.2, 0.25) is 0 Å². The van der Waals surface area contributed by atoms with Crippen molar-refractivity contribution < 1.29 is 4.74 Å². The highest BCUT2D eigenvalue weighted by Gasteiger charge is 2.25. The first-order valence-electron chi connectivity index (χ1n) is 7.15. The first kappa shape index (κ1) is 13.6. The molecule has 1 aliphatic rings. The summed E-state index contributed by atoms with van der Waals surface area (Å²) in [7, 11) is 3.68. The van der Waals surface area contributed by atoms with Crippen molar-refractivity contribution in [1.29, 1.82) is 0 Å². The fourth-order valence-electron chi connectivity index (χ4n) is 2.94. The van der Waals surface area contributed by atoms with Crippen LogP contribution in [0.25, 0.3) is 0 Å². The van der Waals surface area contributed by atoms with E-state index in [1.165, 1.54) is 29.7 Å². The fourth-order valence-corrected chi connectivity index (χ4v) is 4.28. The molecule has 20 heavy (non-hydrogen) atoms. The first-order valence-corrected chi connectivity index (χ1v) is 7.97. The summed E-state index contributed by atoms with van der Waals surface area (Å²) in [5.41, 5.74) is 2.64. The fraction of sp³-hybridized carbons (Fsp3) is 0.533. The summed E-state index contributed by atoms with van der Waals surface area (Å²) in [4.78, 5) is 2.93. The average Bonchev–Trinajstić information content (AvgIpc) is 3.10. The van der Waals surface area contributed by atoms with Crippen LogP contribution in [-0.2, 0) is 19.9 Å². The number of aryl methyl sites for hydroxylation is 3. The van der Waals surface area contributed by atoms with Crippen LogP contribution in [0.4, 0.5) is 0 Å². The Kier molecular flexibility index (Phi) is 3.81. The number of nitrogens with zero attached hydrogens (tertiary/aromatic N) is 2. The summed E-state index contributed by atoms with van der Waals surface area (Å²) in [6, 6.07) is 2.53. The zero-order valence-corrected chi connectivity index (χ0v) is 13.1. The lowest BCUT2D eigenvalue weighted by atomic mass is 10.1. The summed E-state index contributed by atoms with van der Waals surface area (Å²) in [6.45, 7) is 3.05. The molecule has 0 bridgehead atoms. The third-order valence-electron chi connectivity index (χ3n) is 3.90. The van der Waals surface area contributed by atoms with Gasteiger partial charge in [0.1, 0.15) is 5.69 Å². The zero-order chi connectivity index (χ0) is 14.1. The Labute approximate surface area is 123 Å². The Balaban J connectivity index is 2.01. The van der Waals surface area contributed by atoms with E-state index in [9.17, 15) is 0 Å². The average molecular weight is 291 g/mol. The smallest absolute Gasteiger partial charge is 0.161 e. The van der Waals surface area contributed by atoms with Crippen molar-refractivity contribution in [3.8, 4) is 5.75 Å². The minimum atomic E-state index is 0.165. The molecule has 0 fully saturated rings. The second-order valence-electron chi connectivity index (χ2n) is 5.16. The van der Waals surface area contributed by atoms with Crippen LogP contribution in [-0.4, -0.2) is 23.4 Å². The monoisotopic (exact) mass is 291 g/mol. The normalized spacial score (nSPS) is 15.3. The van der Waals surface area contributed by atoms with E-state index in [1.54, 1.807) is 18.2 Å². The molecular formula is C15H21N3OS. The summed E-state index contributed by atoms with van der Waals surface area (Å²) < 4.78 is 7.39. The Hall–Kier alpha value is -1.33. The van der Waals surface area contributed by atoms with E-state index >= 15 is 0 Å². The highest BCUT2D eigenvalue weighted by Crippen LogP contribution is 2.38. The maximum Gasteiger partial charge on any atom is 0.161 e. The van der Waals surface area contributed by atoms with Gasteiger partial charge < -0.3 is 10.1 Å². The molecular weight excluding hydrogens is 270 g/mol. The van der Waals surface area contributed by atoms with Crippen LogP contribution >= 0.6 is 11.3 Å². The third-order valence-corrected chi connectivity index (χ3v) is 5.20. The molecule has 4 nitrogen and oxygen atoms in total. The van der Waals surface area contributed by atoms with Crippen LogP contribution in [0.3, 0.4) is 0 Å². The van der Waals surface area contributed by atoms with Crippen LogP contribution in [0, 0.1) is 0 Å². The molecule has 0 saturated heterocycles. The molecule has 108 valence electrons. The van der Waals surface area contributed by atoms with Gasteiger partial charge in [-0.05, 0) is 37.4 Å². The van der Waals surface area contributed by atoms with E-state index < -0.39 is 0 Å². The maximum absolute atomic E-state index is 5.47. The molecule has 2 heterocycles. The summed E-state index contributed by atoms with van der Waals surface area (Å²) in [5, 5.41) is 7.91. The summed E-state index contributed by atoms with van der Waals surface area (Å²) >= 11 is 1.94. The number of methoxy groups -OCH3 is 1. The molecule has 1 aliphatic carbocycles. The molecule has 0 aromatic carbocycles. The van der Waals surface area contributed by atoms with Crippen LogP contribution < -0.4 is 10.1 Å². The van der Waals surface area contributed by atoms with Crippen LogP contribution in [0.5, 0.6) is 5.75 Å². The summed E-state index contributed by atoms with van der Waals surface area (Å²) in [6.07, 6.45) is 5.57. The Bertz CT molecular complexity index is 581. The van der Waals surface area contributed by atoms with Gasteiger partial charge in [0, 0.05) is 16.8 Å². The molecule has 2 aromatic rings. The molecule has 1 atom stereocenters. The number of thiophene rings is 1. The molecule has 5 heteroatoms. The molecule has 0 aliphatic heterocycles. The molecule has 2 aromatic heterocycles. The van der Waals surface area contributed by atoms with E-state index in [0.717, 1.165) is 18.0 Å². The molecule has 0 amide bonds. The second kappa shape index (κ2) is 5.58. The third kappa shape index (κ3) is 2.25. The van der Waals surface area contributed by atoms with Gasteiger partial charge in [0.2, 0.25) is 0 Å². The van der Waals surface area contributed by atoms with Crippen molar-refractivity contribution in [2.24, 2.45) is 7.05 Å². The lowest BCUT2D eigenvalue weighted by Crippen LogP contribution is -2.24. The highest BCUT2D eigenvalue weighted by atomic mass is 32.1. The van der Waals surface area contributed by atoms with Gasteiger partial charge in [-0.1, -0.05) is 6.92 Å². The Morgan fingerprint density at radius 3 is 3.05 bits per heavy atom. The summed E-state index contributed by atoms with van der Waals surface area (Å²) in [5.74, 6) is 0.854. The topological polar surface area (TPSA) is 39.1 Å². The van der Waals surface area contributed by atoms with Gasteiger partial charge in [-0.2, -0.15) is 5.10 Å². The van der Waals surface area contributed by atoms with Crippen LogP contribution in [0.1, 0.15) is 40.4 Å². The van der Waals surface area contributed by atoms with Gasteiger partial charge in [0.25, 0.3) is 0 Å². The Morgan fingerprint density at radius 2 is 2.35 bits per heavy atom. The van der Waals surface area contributed by atoms with Crippen molar-refractivity contribution in [1.82, 2.24) is 15.1 Å². The number of rotatable bonds is 5. The predicted octanol–water partition coefficient (Wildman–Crippen LogP) is 2.68. The van der Waals surface area contributed by atoms with Gasteiger partial charge in [-0.15, -0.1) is 11.3 Å². The number of nitrogens with one attached hydrogen (secondary N) is 1. The lowest BCUT2D eigenvalue weighted by molar-refractivity contribution is 0.401. The van der Waals surface area contributed by atoms with Crippen molar-refractivity contribution >= 4 is 11.3 Å². The molecule has 0 radical (unpaired) electrons. The van der Waals surface area contributed by atoms with Gasteiger partial charge >= 0.3 is 0 Å². The van der Waals surface area contributed by atoms with Crippen molar-refractivity contribution in [2.45, 2.75) is 32.2 Å². The molecule has 0 saturated carbocycles. The molecule has 3 rings (SSSR count). The number of fused-ring (bicyclic) bond motifs is 1. The van der Waals surface area contributed by atoms with Crippen molar-refractivity contribution in [3.05, 3.63) is 33.3 Å². The second-order valence-corrected chi connectivity index (χ2v) is 6.33. The number of aromatic nitrogens is 2. The van der Waals surface area contributed by atoms with E-state index in [4.69, 9.17) is 4.74 Å². The Morgan fingerprint density at radius 1 is 1.50 bits per heavy atom. The largest absolute Gasteiger partial charge is 0.493 e. The lowest BCUT2D eigenvalue weighted by Gasteiger charge is -2.18. The van der Waals surface area contributed by atoms with E-state index in [1.807, 2.05) is 23.1 Å². The van der Waals surface area contributed by atoms with Crippen molar-refractivity contribution in [3.63, 3.8) is 0 Å². The highest BCUT2D eigenvalue weighted by molar-refractivity contribution is 7.12. The van der Waals surface area contributed by atoms with Crippen LogP contribution in [0.15, 0.2) is 12.3 Å². The number of ether oxygens (including phenoxy) is 1. The van der Waals surface area contributed by atoms with Gasteiger partial charge in [-0.3, -0.25) is 4.68 Å². The van der Waals surface area contributed by atoms with E-state index in [-0.39, 0.29) is 6.04 Å². The zero-order valence-electron chi connectivity index (χ0n) is 12.3. The molecule has 1 unspecified atom stereocenters. The SMILES string of the molecule is CCNC(c1cc2c(s1)CCC2)c1c(OC)cnn1C.